The average molecular weight is 368 g/mol. The van der Waals surface area contributed by atoms with Crippen molar-refractivity contribution in [2.45, 2.75) is 32.6 Å². The van der Waals surface area contributed by atoms with Gasteiger partial charge >= 0.3 is 0 Å². The number of fused-ring (bicyclic) bond motifs is 3. The topological polar surface area (TPSA) is 64.4 Å². The molecule has 6 heteroatoms. The van der Waals surface area contributed by atoms with Crippen LogP contribution in [0.5, 0.6) is 5.75 Å². The zero-order valence-electron chi connectivity index (χ0n) is 14.8. The van der Waals surface area contributed by atoms with Crippen molar-refractivity contribution in [3.8, 4) is 5.75 Å². The van der Waals surface area contributed by atoms with Gasteiger partial charge in [0.2, 0.25) is 5.91 Å². The van der Waals surface area contributed by atoms with Gasteiger partial charge in [-0.25, -0.2) is 4.98 Å². The highest BCUT2D eigenvalue weighted by Gasteiger charge is 2.20. The molecule has 0 saturated carbocycles. The third-order valence-electron chi connectivity index (χ3n) is 4.71. The Bertz CT molecular complexity index is 986. The Balaban J connectivity index is 1.71. The van der Waals surface area contributed by atoms with E-state index in [1.165, 1.54) is 29.7 Å². The number of amides is 1. The second kappa shape index (κ2) is 6.96. The van der Waals surface area contributed by atoms with E-state index in [2.05, 4.69) is 16.4 Å². The molecule has 1 aliphatic carbocycles. The smallest absolute Gasteiger partial charge is 0.250 e. The summed E-state index contributed by atoms with van der Waals surface area (Å²) in [6, 6.07) is 4.02. The molecule has 0 fully saturated rings. The van der Waals surface area contributed by atoms with E-state index in [-0.39, 0.29) is 5.91 Å². The van der Waals surface area contributed by atoms with E-state index in [9.17, 15) is 4.79 Å². The van der Waals surface area contributed by atoms with Gasteiger partial charge in [-0.3, -0.25) is 10.1 Å². The molecule has 4 rings (SSSR count). The van der Waals surface area contributed by atoms with Crippen LogP contribution in [0.4, 0.5) is 5.13 Å². The number of hydrogen-bond donors (Lipinski definition) is 1. The SMILES string of the molecule is COc1cc2oc3c(c2cc1/C(C)=C/C(=O)Nc1nccs1)CCCC3. The number of aryl methyl sites for hydroxylation is 2. The Labute approximate surface area is 155 Å². The van der Waals surface area contributed by atoms with Crippen LogP contribution in [-0.4, -0.2) is 18.0 Å². The monoisotopic (exact) mass is 368 g/mol. The first kappa shape index (κ1) is 16.8. The van der Waals surface area contributed by atoms with Crippen LogP contribution in [-0.2, 0) is 17.6 Å². The number of ether oxygens (including phenoxy) is 1. The summed E-state index contributed by atoms with van der Waals surface area (Å²) in [5.41, 5.74) is 3.90. The number of anilines is 1. The summed E-state index contributed by atoms with van der Waals surface area (Å²) >= 11 is 1.39. The van der Waals surface area contributed by atoms with Crippen LogP contribution in [0.2, 0.25) is 0 Å². The lowest BCUT2D eigenvalue weighted by Crippen LogP contribution is -2.08. The third-order valence-corrected chi connectivity index (χ3v) is 5.40. The van der Waals surface area contributed by atoms with Crippen molar-refractivity contribution in [2.24, 2.45) is 0 Å². The number of benzene rings is 1. The molecular weight excluding hydrogens is 348 g/mol. The molecule has 0 spiro atoms. The molecule has 1 amide bonds. The molecule has 0 atom stereocenters. The van der Waals surface area contributed by atoms with Crippen molar-refractivity contribution < 1.29 is 13.9 Å². The number of rotatable bonds is 4. The first-order valence-corrected chi connectivity index (χ1v) is 9.55. The van der Waals surface area contributed by atoms with E-state index in [1.807, 2.05) is 18.4 Å². The standard InChI is InChI=1S/C20H20N2O3S/c1-12(9-19(23)22-20-21-7-8-26-20)14-10-15-13-5-3-4-6-16(13)25-18(15)11-17(14)24-2/h7-11H,3-6H2,1-2H3,(H,21,22,23)/b12-9+. The van der Waals surface area contributed by atoms with Gasteiger partial charge in [-0.05, 0) is 37.8 Å². The highest BCUT2D eigenvalue weighted by molar-refractivity contribution is 7.13. The fourth-order valence-electron chi connectivity index (χ4n) is 3.47. The van der Waals surface area contributed by atoms with Crippen molar-refractivity contribution in [2.75, 3.05) is 12.4 Å². The lowest BCUT2D eigenvalue weighted by atomic mass is 9.94. The van der Waals surface area contributed by atoms with Crippen molar-refractivity contribution >= 4 is 38.9 Å². The second-order valence-electron chi connectivity index (χ2n) is 6.41. The Morgan fingerprint density at radius 1 is 1.35 bits per heavy atom. The quantitative estimate of drug-likeness (QED) is 0.671. The summed E-state index contributed by atoms with van der Waals surface area (Å²) in [4.78, 5) is 16.3. The molecular formula is C20H20N2O3S. The van der Waals surface area contributed by atoms with Gasteiger partial charge in [0.15, 0.2) is 5.13 Å². The Morgan fingerprint density at radius 3 is 2.96 bits per heavy atom. The highest BCUT2D eigenvalue weighted by atomic mass is 32.1. The van der Waals surface area contributed by atoms with E-state index in [4.69, 9.17) is 9.15 Å². The van der Waals surface area contributed by atoms with E-state index in [1.54, 1.807) is 19.4 Å². The van der Waals surface area contributed by atoms with Crippen LogP contribution in [0, 0.1) is 0 Å². The Morgan fingerprint density at radius 2 is 2.19 bits per heavy atom. The third kappa shape index (κ3) is 3.12. The maximum Gasteiger partial charge on any atom is 0.250 e. The lowest BCUT2D eigenvalue weighted by molar-refractivity contribution is -0.111. The van der Waals surface area contributed by atoms with E-state index < -0.39 is 0 Å². The summed E-state index contributed by atoms with van der Waals surface area (Å²) in [6.07, 6.45) is 7.64. The fourth-order valence-corrected chi connectivity index (χ4v) is 4.00. The van der Waals surface area contributed by atoms with Crippen LogP contribution in [0.3, 0.4) is 0 Å². The maximum absolute atomic E-state index is 12.3. The molecule has 0 radical (unpaired) electrons. The van der Waals surface area contributed by atoms with E-state index in [0.29, 0.717) is 10.9 Å². The molecule has 0 aliphatic heterocycles. The van der Waals surface area contributed by atoms with Crippen LogP contribution in [0.1, 0.15) is 36.7 Å². The molecule has 1 N–H and O–H groups in total. The van der Waals surface area contributed by atoms with Gasteiger partial charge in [-0.2, -0.15) is 0 Å². The van der Waals surface area contributed by atoms with Crippen molar-refractivity contribution in [1.82, 2.24) is 4.98 Å². The molecule has 1 aromatic carbocycles. The van der Waals surface area contributed by atoms with Crippen LogP contribution < -0.4 is 10.1 Å². The highest BCUT2D eigenvalue weighted by Crippen LogP contribution is 2.37. The zero-order valence-corrected chi connectivity index (χ0v) is 15.6. The molecule has 0 unspecified atom stereocenters. The number of allylic oxidation sites excluding steroid dienone is 1. The molecule has 3 aromatic rings. The minimum absolute atomic E-state index is 0.200. The normalized spacial score (nSPS) is 14.3. The molecule has 2 aromatic heterocycles. The van der Waals surface area contributed by atoms with E-state index in [0.717, 1.165) is 40.7 Å². The number of hydrogen-bond acceptors (Lipinski definition) is 5. The number of nitrogens with one attached hydrogen (secondary N) is 1. The molecule has 0 saturated heterocycles. The van der Waals surface area contributed by atoms with Gasteiger partial charge in [0, 0.05) is 46.7 Å². The first-order chi connectivity index (χ1) is 12.7. The predicted octanol–water partition coefficient (Wildman–Crippen LogP) is 4.82. The van der Waals surface area contributed by atoms with Crippen LogP contribution >= 0.6 is 11.3 Å². The molecule has 26 heavy (non-hydrogen) atoms. The zero-order chi connectivity index (χ0) is 18.1. The second-order valence-corrected chi connectivity index (χ2v) is 7.31. The minimum Gasteiger partial charge on any atom is -0.496 e. The number of aromatic nitrogens is 1. The van der Waals surface area contributed by atoms with Crippen molar-refractivity contribution in [3.05, 3.63) is 46.7 Å². The number of carbonyl (C=O) groups is 1. The molecule has 134 valence electrons. The number of thiazole rings is 1. The van der Waals surface area contributed by atoms with E-state index >= 15 is 0 Å². The average Bonchev–Trinajstić information content (AvgIpc) is 3.27. The molecule has 2 heterocycles. The Kier molecular flexibility index (Phi) is 4.51. The lowest BCUT2D eigenvalue weighted by Gasteiger charge is -2.11. The first-order valence-electron chi connectivity index (χ1n) is 8.67. The minimum atomic E-state index is -0.200. The van der Waals surface area contributed by atoms with Gasteiger partial charge in [0.25, 0.3) is 0 Å². The number of carbonyl (C=O) groups excluding carboxylic acids is 1. The number of furan rings is 1. The van der Waals surface area contributed by atoms with Crippen LogP contribution in [0.15, 0.2) is 34.2 Å². The maximum atomic E-state index is 12.3. The van der Waals surface area contributed by atoms with Gasteiger partial charge in [0.1, 0.15) is 17.1 Å². The summed E-state index contributed by atoms with van der Waals surface area (Å²) in [7, 11) is 1.64. The van der Waals surface area contributed by atoms with Crippen LogP contribution in [0.25, 0.3) is 16.5 Å². The largest absolute Gasteiger partial charge is 0.496 e. The fraction of sp³-hybridized carbons (Fsp3) is 0.300. The molecule has 1 aliphatic rings. The summed E-state index contributed by atoms with van der Waals surface area (Å²) < 4.78 is 11.6. The number of nitrogens with zero attached hydrogens (tertiary/aromatic N) is 1. The Hall–Kier alpha value is -2.60. The summed E-state index contributed by atoms with van der Waals surface area (Å²) in [5.74, 6) is 1.60. The molecule has 5 nitrogen and oxygen atoms in total. The molecule has 0 bridgehead atoms. The van der Waals surface area contributed by atoms with Gasteiger partial charge in [0.05, 0.1) is 7.11 Å². The van der Waals surface area contributed by atoms with Crippen molar-refractivity contribution in [1.29, 1.82) is 0 Å². The van der Waals surface area contributed by atoms with Gasteiger partial charge in [-0.1, -0.05) is 0 Å². The number of methoxy groups -OCH3 is 1. The van der Waals surface area contributed by atoms with Gasteiger partial charge in [-0.15, -0.1) is 11.3 Å². The summed E-state index contributed by atoms with van der Waals surface area (Å²) in [5, 5.41) is 6.32. The summed E-state index contributed by atoms with van der Waals surface area (Å²) in [6.45, 7) is 1.91. The predicted molar refractivity (Wildman–Crippen MR) is 104 cm³/mol. The van der Waals surface area contributed by atoms with Crippen molar-refractivity contribution in [3.63, 3.8) is 0 Å². The van der Waals surface area contributed by atoms with Gasteiger partial charge < -0.3 is 9.15 Å².